The summed E-state index contributed by atoms with van der Waals surface area (Å²) in [5.74, 6) is 0.986. The molecule has 4 atom stereocenters. The second-order valence-electron chi connectivity index (χ2n) is 5.83. The van der Waals surface area contributed by atoms with Crippen molar-refractivity contribution < 1.29 is 4.21 Å². The average Bonchev–Trinajstić information content (AvgIpc) is 2.46. The monoisotopic (exact) mass is 279 g/mol. The topological polar surface area (TPSA) is 43.1 Å². The highest BCUT2D eigenvalue weighted by molar-refractivity contribution is 7.86. The van der Waals surface area contributed by atoms with Gasteiger partial charge in [-0.05, 0) is 43.2 Å². The lowest BCUT2D eigenvalue weighted by Gasteiger charge is -2.36. The molecule has 0 amide bonds. The molecule has 0 aliphatic heterocycles. The van der Waals surface area contributed by atoms with E-state index >= 15 is 0 Å². The second-order valence-corrected chi connectivity index (χ2v) is 8.04. The van der Waals surface area contributed by atoms with Crippen molar-refractivity contribution in [1.82, 2.24) is 0 Å². The molecule has 2 nitrogen and oxygen atoms in total. The van der Waals surface area contributed by atoms with Crippen molar-refractivity contribution >= 4 is 10.8 Å². The zero-order valence-electron chi connectivity index (χ0n) is 11.9. The molecule has 1 saturated carbocycles. The van der Waals surface area contributed by atoms with Crippen LogP contribution in [0.3, 0.4) is 0 Å². The summed E-state index contributed by atoms with van der Waals surface area (Å²) in [6, 6.07) is 10.6. The molecule has 1 fully saturated rings. The fourth-order valence-electron chi connectivity index (χ4n) is 3.12. The van der Waals surface area contributed by atoms with Crippen molar-refractivity contribution in [2.75, 3.05) is 6.54 Å². The Hall–Kier alpha value is -0.670. The lowest BCUT2D eigenvalue weighted by Crippen LogP contribution is -2.39. The number of nitrogens with two attached hydrogens (primary N) is 1. The molecule has 1 aliphatic rings. The normalized spacial score (nSPS) is 29.4. The van der Waals surface area contributed by atoms with E-state index in [-0.39, 0.29) is 10.5 Å². The van der Waals surface area contributed by atoms with Crippen LogP contribution in [0.4, 0.5) is 0 Å². The molecule has 0 radical (unpaired) electrons. The highest BCUT2D eigenvalue weighted by Gasteiger charge is 2.34. The van der Waals surface area contributed by atoms with Crippen molar-refractivity contribution in [3.63, 3.8) is 0 Å². The largest absolute Gasteiger partial charge is 0.330 e. The molecule has 0 heterocycles. The Morgan fingerprint density at radius 3 is 2.53 bits per heavy atom. The Bertz CT molecular complexity index is 418. The minimum absolute atomic E-state index is 0.230. The highest BCUT2D eigenvalue weighted by atomic mass is 32.2. The van der Waals surface area contributed by atoms with E-state index in [0.29, 0.717) is 18.4 Å². The summed E-state index contributed by atoms with van der Waals surface area (Å²) < 4.78 is 12.5. The predicted octanol–water partition coefficient (Wildman–Crippen LogP) is 3.05. The van der Waals surface area contributed by atoms with Gasteiger partial charge in [-0.2, -0.15) is 0 Å². The maximum atomic E-state index is 12.5. The lowest BCUT2D eigenvalue weighted by molar-refractivity contribution is 0.338. The van der Waals surface area contributed by atoms with Crippen LogP contribution in [-0.2, 0) is 10.8 Å². The third-order valence-electron chi connectivity index (χ3n) is 4.27. The zero-order valence-corrected chi connectivity index (χ0v) is 12.7. The van der Waals surface area contributed by atoms with Crippen LogP contribution in [-0.4, -0.2) is 21.3 Å². The van der Waals surface area contributed by atoms with Gasteiger partial charge in [-0.1, -0.05) is 44.2 Å². The van der Waals surface area contributed by atoms with Crippen LogP contribution in [0.2, 0.25) is 0 Å². The molecular weight excluding hydrogens is 254 g/mol. The fourth-order valence-corrected chi connectivity index (χ4v) is 4.87. The van der Waals surface area contributed by atoms with Crippen LogP contribution < -0.4 is 5.73 Å². The minimum Gasteiger partial charge on any atom is -0.330 e. The molecule has 0 spiro atoms. The van der Waals surface area contributed by atoms with Crippen LogP contribution in [0, 0.1) is 5.92 Å². The van der Waals surface area contributed by atoms with E-state index < -0.39 is 10.8 Å². The summed E-state index contributed by atoms with van der Waals surface area (Å²) in [5.41, 5.74) is 7.27. The van der Waals surface area contributed by atoms with Crippen molar-refractivity contribution in [3.05, 3.63) is 35.9 Å². The number of rotatable bonds is 4. The van der Waals surface area contributed by atoms with Gasteiger partial charge < -0.3 is 5.73 Å². The van der Waals surface area contributed by atoms with Crippen LogP contribution in [0.1, 0.15) is 44.6 Å². The summed E-state index contributed by atoms with van der Waals surface area (Å²) in [6.07, 6.45) is 3.31. The molecule has 0 bridgehead atoms. The summed E-state index contributed by atoms with van der Waals surface area (Å²) in [5, 5.41) is 0.498. The van der Waals surface area contributed by atoms with E-state index in [1.54, 1.807) is 0 Å². The quantitative estimate of drug-likeness (QED) is 0.920. The number of hydrogen-bond acceptors (Lipinski definition) is 2. The van der Waals surface area contributed by atoms with Crippen LogP contribution in [0.15, 0.2) is 30.3 Å². The van der Waals surface area contributed by atoms with Crippen molar-refractivity contribution in [2.45, 2.75) is 49.5 Å². The van der Waals surface area contributed by atoms with Crippen molar-refractivity contribution in [1.29, 1.82) is 0 Å². The van der Waals surface area contributed by atoms with E-state index in [0.717, 1.165) is 12.8 Å². The van der Waals surface area contributed by atoms with E-state index in [4.69, 9.17) is 5.73 Å². The second kappa shape index (κ2) is 6.67. The summed E-state index contributed by atoms with van der Waals surface area (Å²) in [7, 11) is -0.763. The molecule has 1 aromatic rings. The van der Waals surface area contributed by atoms with E-state index in [9.17, 15) is 4.21 Å². The van der Waals surface area contributed by atoms with Crippen molar-refractivity contribution in [2.24, 2.45) is 11.7 Å². The molecule has 4 unspecified atom stereocenters. The molecular formula is C16H25NOS. The minimum atomic E-state index is -0.763. The summed E-state index contributed by atoms with van der Waals surface area (Å²) in [6.45, 7) is 4.77. The van der Waals surface area contributed by atoms with Gasteiger partial charge in [-0.15, -0.1) is 0 Å². The molecule has 0 aromatic heterocycles. The van der Waals surface area contributed by atoms with E-state index in [1.165, 1.54) is 12.0 Å². The van der Waals surface area contributed by atoms with Gasteiger partial charge in [0.05, 0.1) is 0 Å². The maximum Gasteiger partial charge on any atom is 0.0396 e. The Morgan fingerprint density at radius 2 is 1.95 bits per heavy atom. The third-order valence-corrected chi connectivity index (χ3v) is 6.37. The van der Waals surface area contributed by atoms with Gasteiger partial charge in [0.25, 0.3) is 0 Å². The summed E-state index contributed by atoms with van der Waals surface area (Å²) >= 11 is 0. The molecule has 2 rings (SSSR count). The third kappa shape index (κ3) is 3.46. The molecule has 106 valence electrons. The van der Waals surface area contributed by atoms with Gasteiger partial charge >= 0.3 is 0 Å². The lowest BCUT2D eigenvalue weighted by atomic mass is 9.78. The maximum absolute atomic E-state index is 12.5. The van der Waals surface area contributed by atoms with Gasteiger partial charge in [-0.25, -0.2) is 0 Å². The van der Waals surface area contributed by atoms with Gasteiger partial charge in [0.2, 0.25) is 0 Å². The number of benzene rings is 1. The van der Waals surface area contributed by atoms with Crippen LogP contribution >= 0.6 is 0 Å². The summed E-state index contributed by atoms with van der Waals surface area (Å²) in [4.78, 5) is 0. The fraction of sp³-hybridized carbons (Fsp3) is 0.625. The van der Waals surface area contributed by atoms with Gasteiger partial charge in [0, 0.05) is 21.3 Å². The van der Waals surface area contributed by atoms with E-state index in [2.05, 4.69) is 44.2 Å². The van der Waals surface area contributed by atoms with E-state index in [1.807, 2.05) is 0 Å². The Balaban J connectivity index is 2.14. The predicted molar refractivity (Wildman–Crippen MR) is 82.6 cm³/mol. The Morgan fingerprint density at radius 1 is 1.26 bits per heavy atom. The van der Waals surface area contributed by atoms with Crippen LogP contribution in [0.5, 0.6) is 0 Å². The first-order valence-electron chi connectivity index (χ1n) is 7.27. The average molecular weight is 279 g/mol. The Kier molecular flexibility index (Phi) is 5.17. The van der Waals surface area contributed by atoms with Crippen LogP contribution in [0.25, 0.3) is 0 Å². The van der Waals surface area contributed by atoms with Gasteiger partial charge in [0.15, 0.2) is 0 Å². The molecule has 2 N–H and O–H groups in total. The van der Waals surface area contributed by atoms with Gasteiger partial charge in [0.1, 0.15) is 0 Å². The highest BCUT2D eigenvalue weighted by Crippen LogP contribution is 2.38. The smallest absolute Gasteiger partial charge is 0.0396 e. The molecule has 3 heteroatoms. The molecule has 0 saturated heterocycles. The first kappa shape index (κ1) is 14.7. The SMILES string of the molecule is CC(C)S(=O)C1CC(c2ccccc2)CCC1CN. The number of hydrogen-bond donors (Lipinski definition) is 1. The molecule has 1 aromatic carbocycles. The molecule has 1 aliphatic carbocycles. The first-order valence-corrected chi connectivity index (χ1v) is 8.55. The Labute approximate surface area is 119 Å². The standard InChI is InChI=1S/C16H25NOS/c1-12(2)19(18)16-10-14(8-9-15(16)11-17)13-6-4-3-5-7-13/h3-7,12,14-16H,8-11,17H2,1-2H3. The van der Waals surface area contributed by atoms with Gasteiger partial charge in [-0.3, -0.25) is 4.21 Å². The first-order chi connectivity index (χ1) is 9.13. The zero-order chi connectivity index (χ0) is 13.8. The van der Waals surface area contributed by atoms with Crippen molar-refractivity contribution in [3.8, 4) is 0 Å². The molecule has 19 heavy (non-hydrogen) atoms.